The standard InChI is InChI=1S/C17H31F3N4O3S.HI/c1-21-16(23(2)8-3-14-6-11-27-12-7-14)22-13-15-4-9-24(10-5-15)28(25,26)17(18,19)20;/h14-15H,3-13H2,1-2H3,(H,21,22);1H. The van der Waals surface area contributed by atoms with Crippen molar-refractivity contribution in [3.05, 3.63) is 0 Å². The van der Waals surface area contributed by atoms with Crippen LogP contribution in [-0.4, -0.2) is 82.6 Å². The fourth-order valence-corrected chi connectivity index (χ4v) is 4.62. The van der Waals surface area contributed by atoms with E-state index in [0.29, 0.717) is 29.6 Å². The van der Waals surface area contributed by atoms with Crippen LogP contribution in [0.4, 0.5) is 13.2 Å². The number of rotatable bonds is 6. The summed E-state index contributed by atoms with van der Waals surface area (Å²) in [6, 6.07) is 0. The fraction of sp³-hybridized carbons (Fsp3) is 0.941. The Kier molecular flexibility index (Phi) is 10.9. The summed E-state index contributed by atoms with van der Waals surface area (Å²) in [5.74, 6) is 1.52. The lowest BCUT2D eigenvalue weighted by atomic mass is 9.96. The van der Waals surface area contributed by atoms with E-state index in [1.54, 1.807) is 7.05 Å². The van der Waals surface area contributed by atoms with Gasteiger partial charge >= 0.3 is 15.5 Å². The van der Waals surface area contributed by atoms with Gasteiger partial charge in [0.2, 0.25) is 0 Å². The molecular formula is C17H32F3IN4O3S. The number of aliphatic imine (C=N–C) groups is 1. The first-order chi connectivity index (χ1) is 13.1. The summed E-state index contributed by atoms with van der Waals surface area (Å²) in [6.45, 7) is 2.87. The highest BCUT2D eigenvalue weighted by Gasteiger charge is 2.50. The first-order valence-electron chi connectivity index (χ1n) is 9.71. The van der Waals surface area contributed by atoms with Gasteiger partial charge in [0, 0.05) is 53.5 Å². The van der Waals surface area contributed by atoms with E-state index in [-0.39, 0.29) is 43.0 Å². The number of nitrogens with zero attached hydrogens (tertiary/aromatic N) is 3. The van der Waals surface area contributed by atoms with Gasteiger partial charge in [0.25, 0.3) is 0 Å². The lowest BCUT2D eigenvalue weighted by molar-refractivity contribution is -0.0496. The Morgan fingerprint density at radius 1 is 1.17 bits per heavy atom. The predicted molar refractivity (Wildman–Crippen MR) is 117 cm³/mol. The average molecular weight is 556 g/mol. The number of nitrogens with one attached hydrogen (secondary N) is 1. The molecule has 0 aliphatic carbocycles. The van der Waals surface area contributed by atoms with Crippen LogP contribution in [0.15, 0.2) is 4.99 Å². The number of hydrogen-bond acceptors (Lipinski definition) is 4. The second-order valence-corrected chi connectivity index (χ2v) is 9.42. The van der Waals surface area contributed by atoms with Crippen LogP contribution < -0.4 is 5.32 Å². The molecule has 0 atom stereocenters. The van der Waals surface area contributed by atoms with E-state index in [2.05, 4.69) is 15.2 Å². The van der Waals surface area contributed by atoms with Crippen LogP contribution in [0.1, 0.15) is 32.1 Å². The van der Waals surface area contributed by atoms with Gasteiger partial charge in [-0.25, -0.2) is 8.42 Å². The topological polar surface area (TPSA) is 74.2 Å². The molecule has 0 spiro atoms. The zero-order chi connectivity index (χ0) is 20.8. The molecule has 2 aliphatic heterocycles. The molecule has 0 radical (unpaired) electrons. The summed E-state index contributed by atoms with van der Waals surface area (Å²) in [5, 5.41) is 3.27. The largest absolute Gasteiger partial charge is 0.511 e. The predicted octanol–water partition coefficient (Wildman–Crippen LogP) is 2.49. The maximum atomic E-state index is 12.6. The maximum Gasteiger partial charge on any atom is 0.511 e. The van der Waals surface area contributed by atoms with E-state index >= 15 is 0 Å². The molecule has 12 heteroatoms. The third-order valence-electron chi connectivity index (χ3n) is 5.54. The van der Waals surface area contributed by atoms with Gasteiger partial charge in [-0.05, 0) is 43.9 Å². The highest BCUT2D eigenvalue weighted by Crippen LogP contribution is 2.30. The van der Waals surface area contributed by atoms with E-state index in [9.17, 15) is 21.6 Å². The van der Waals surface area contributed by atoms with Gasteiger partial charge < -0.3 is 15.0 Å². The third-order valence-corrected chi connectivity index (χ3v) is 7.17. The molecule has 0 aromatic rings. The van der Waals surface area contributed by atoms with Crippen molar-refractivity contribution in [3.63, 3.8) is 0 Å². The number of sulfonamides is 1. The Labute approximate surface area is 188 Å². The summed E-state index contributed by atoms with van der Waals surface area (Å²) in [6.07, 6.45) is 4.02. The molecule has 2 fully saturated rings. The molecule has 0 aromatic heterocycles. The molecule has 1 N–H and O–H groups in total. The van der Waals surface area contributed by atoms with Crippen molar-refractivity contribution < 1.29 is 26.3 Å². The molecule has 0 saturated carbocycles. The second-order valence-electron chi connectivity index (χ2n) is 7.49. The van der Waals surface area contributed by atoms with Crippen molar-refractivity contribution in [1.29, 1.82) is 0 Å². The summed E-state index contributed by atoms with van der Waals surface area (Å²) >= 11 is 0. The van der Waals surface area contributed by atoms with Gasteiger partial charge in [-0.15, -0.1) is 24.0 Å². The highest BCUT2D eigenvalue weighted by molar-refractivity contribution is 14.0. The van der Waals surface area contributed by atoms with E-state index in [1.165, 1.54) is 0 Å². The monoisotopic (exact) mass is 556 g/mol. The Hall–Kier alpha value is -0.340. The Morgan fingerprint density at radius 2 is 1.76 bits per heavy atom. The Balaban J connectivity index is 0.00000420. The van der Waals surface area contributed by atoms with E-state index in [4.69, 9.17) is 4.74 Å². The van der Waals surface area contributed by atoms with Crippen LogP contribution in [0.25, 0.3) is 0 Å². The number of halogens is 4. The summed E-state index contributed by atoms with van der Waals surface area (Å²) in [5.41, 5.74) is -5.23. The van der Waals surface area contributed by atoms with Gasteiger partial charge in [0.1, 0.15) is 0 Å². The van der Waals surface area contributed by atoms with Gasteiger partial charge in [-0.2, -0.15) is 17.5 Å². The van der Waals surface area contributed by atoms with Crippen LogP contribution in [0, 0.1) is 11.8 Å². The number of piperidine rings is 1. The minimum atomic E-state index is -5.23. The van der Waals surface area contributed by atoms with Gasteiger partial charge in [0.05, 0.1) is 0 Å². The van der Waals surface area contributed by atoms with Crippen molar-refractivity contribution in [2.24, 2.45) is 16.8 Å². The normalized spacial score (nSPS) is 20.9. The van der Waals surface area contributed by atoms with E-state index < -0.39 is 15.5 Å². The highest BCUT2D eigenvalue weighted by atomic mass is 127. The van der Waals surface area contributed by atoms with Crippen molar-refractivity contribution in [3.8, 4) is 0 Å². The van der Waals surface area contributed by atoms with E-state index in [0.717, 1.165) is 45.0 Å². The molecule has 2 heterocycles. The van der Waals surface area contributed by atoms with Crippen LogP contribution in [0.3, 0.4) is 0 Å². The van der Waals surface area contributed by atoms with Crippen molar-refractivity contribution in [2.45, 2.75) is 37.6 Å². The van der Waals surface area contributed by atoms with Crippen LogP contribution in [-0.2, 0) is 14.8 Å². The average Bonchev–Trinajstić information content (AvgIpc) is 2.67. The number of hydrogen-bond donors (Lipinski definition) is 1. The molecule has 0 amide bonds. The molecule has 29 heavy (non-hydrogen) atoms. The first kappa shape index (κ1) is 26.7. The minimum absolute atomic E-state index is 0. The van der Waals surface area contributed by atoms with Crippen LogP contribution in [0.2, 0.25) is 0 Å². The van der Waals surface area contributed by atoms with Gasteiger partial charge in [-0.1, -0.05) is 0 Å². The molecule has 0 bridgehead atoms. The van der Waals surface area contributed by atoms with Crippen molar-refractivity contribution in [2.75, 3.05) is 53.5 Å². The summed E-state index contributed by atoms with van der Waals surface area (Å²) in [4.78, 5) is 6.33. The molecule has 7 nitrogen and oxygen atoms in total. The fourth-order valence-electron chi connectivity index (χ4n) is 3.64. The zero-order valence-corrected chi connectivity index (χ0v) is 20.1. The van der Waals surface area contributed by atoms with Crippen LogP contribution >= 0.6 is 24.0 Å². The Morgan fingerprint density at radius 3 is 2.28 bits per heavy atom. The quantitative estimate of drug-likeness (QED) is 0.309. The summed E-state index contributed by atoms with van der Waals surface area (Å²) in [7, 11) is -1.55. The first-order valence-corrected chi connectivity index (χ1v) is 11.1. The molecule has 2 saturated heterocycles. The molecule has 2 rings (SSSR count). The Bertz CT molecular complexity index is 620. The zero-order valence-electron chi connectivity index (χ0n) is 16.9. The molecule has 0 aromatic carbocycles. The third kappa shape index (κ3) is 7.69. The van der Waals surface area contributed by atoms with Crippen LogP contribution in [0.5, 0.6) is 0 Å². The number of alkyl halides is 3. The molecule has 172 valence electrons. The van der Waals surface area contributed by atoms with Gasteiger partial charge in [-0.3, -0.25) is 4.99 Å². The maximum absolute atomic E-state index is 12.6. The van der Waals surface area contributed by atoms with Crippen molar-refractivity contribution in [1.82, 2.24) is 14.5 Å². The minimum Gasteiger partial charge on any atom is -0.381 e. The van der Waals surface area contributed by atoms with Crippen molar-refractivity contribution >= 4 is 40.0 Å². The molecular weight excluding hydrogens is 524 g/mol. The number of ether oxygens (including phenoxy) is 1. The van der Waals surface area contributed by atoms with E-state index in [1.807, 2.05) is 7.05 Å². The smallest absolute Gasteiger partial charge is 0.381 e. The molecule has 0 unspecified atom stereocenters. The van der Waals surface area contributed by atoms with Gasteiger partial charge in [0.15, 0.2) is 5.96 Å². The SMILES string of the molecule is CN=C(NCC1CCN(S(=O)(=O)C(F)(F)F)CC1)N(C)CCC1CCOCC1.I. The summed E-state index contributed by atoms with van der Waals surface area (Å²) < 4.78 is 66.8. The number of guanidine groups is 1. The lowest BCUT2D eigenvalue weighted by Crippen LogP contribution is -2.47. The molecule has 2 aliphatic rings. The lowest BCUT2D eigenvalue weighted by Gasteiger charge is -2.32. The second kappa shape index (κ2) is 11.9.